The molecular weight excluding hydrogens is 336 g/mol. The van der Waals surface area contributed by atoms with Gasteiger partial charge in [-0.2, -0.15) is 9.61 Å². The van der Waals surface area contributed by atoms with Crippen molar-refractivity contribution in [2.75, 3.05) is 39.3 Å². The minimum atomic E-state index is 0.497. The summed E-state index contributed by atoms with van der Waals surface area (Å²) in [6, 6.07) is 4.23. The second-order valence-electron chi connectivity index (χ2n) is 8.73. The van der Waals surface area contributed by atoms with Gasteiger partial charge in [0.05, 0.1) is 5.69 Å². The van der Waals surface area contributed by atoms with Crippen molar-refractivity contribution in [3.05, 3.63) is 23.7 Å². The molecule has 0 N–H and O–H groups in total. The third-order valence-corrected chi connectivity index (χ3v) is 6.69. The topological polar surface area (TPSA) is 49.6 Å². The van der Waals surface area contributed by atoms with Gasteiger partial charge in [0.2, 0.25) is 0 Å². The van der Waals surface area contributed by atoms with E-state index in [0.717, 1.165) is 11.5 Å². The average molecular weight is 369 g/mol. The fourth-order valence-corrected chi connectivity index (χ4v) is 4.73. The van der Waals surface area contributed by atoms with E-state index in [0.29, 0.717) is 11.8 Å². The highest BCUT2D eigenvalue weighted by Crippen LogP contribution is 2.39. The van der Waals surface area contributed by atoms with E-state index in [1.165, 1.54) is 96.3 Å². The minimum absolute atomic E-state index is 0.497. The lowest BCUT2D eigenvalue weighted by Gasteiger charge is -2.32. The number of piperidine rings is 1. The molecule has 1 aliphatic carbocycles. The number of hydrogen-bond donors (Lipinski definition) is 0. The van der Waals surface area contributed by atoms with E-state index in [4.69, 9.17) is 5.10 Å². The molecule has 0 aromatic carbocycles. The van der Waals surface area contributed by atoms with Crippen LogP contribution in [0.5, 0.6) is 0 Å². The van der Waals surface area contributed by atoms with Gasteiger partial charge in [0.1, 0.15) is 0 Å². The van der Waals surface area contributed by atoms with Crippen molar-refractivity contribution in [3.8, 4) is 0 Å². The van der Waals surface area contributed by atoms with Crippen LogP contribution >= 0.6 is 0 Å². The van der Waals surface area contributed by atoms with Crippen LogP contribution in [0.2, 0.25) is 0 Å². The molecule has 0 bridgehead atoms. The van der Waals surface area contributed by atoms with Crippen molar-refractivity contribution in [2.24, 2.45) is 0 Å². The fraction of sp³-hybridized carbons (Fsp3) is 0.762. The summed E-state index contributed by atoms with van der Waals surface area (Å²) in [6.07, 6.45) is 10.5. The lowest BCUT2D eigenvalue weighted by Crippen LogP contribution is -2.39. The molecule has 0 atom stereocenters. The molecule has 0 amide bonds. The van der Waals surface area contributed by atoms with Gasteiger partial charge in [-0.15, -0.1) is 10.2 Å². The Morgan fingerprint density at radius 2 is 1.44 bits per heavy atom. The molecule has 3 fully saturated rings. The van der Waals surface area contributed by atoms with Crippen molar-refractivity contribution >= 4 is 5.65 Å². The molecule has 2 aromatic rings. The highest BCUT2D eigenvalue weighted by molar-refractivity contribution is 5.38. The number of aromatic nitrogens is 4. The van der Waals surface area contributed by atoms with E-state index >= 15 is 0 Å². The Morgan fingerprint density at radius 3 is 2.15 bits per heavy atom. The highest BCUT2D eigenvalue weighted by atomic mass is 15.4. The third kappa shape index (κ3) is 4.02. The molecule has 2 saturated heterocycles. The van der Waals surface area contributed by atoms with Crippen molar-refractivity contribution in [1.82, 2.24) is 29.6 Å². The quantitative estimate of drug-likeness (QED) is 0.812. The zero-order valence-corrected chi connectivity index (χ0v) is 16.4. The number of nitrogens with zero attached hydrogens (tertiary/aromatic N) is 6. The van der Waals surface area contributed by atoms with Crippen LogP contribution in [-0.4, -0.2) is 68.9 Å². The first-order chi connectivity index (χ1) is 13.4. The van der Waals surface area contributed by atoms with Crippen LogP contribution in [0.1, 0.15) is 74.7 Å². The SMILES string of the molecule is c1cc2nnc(C3CCN(CCN4CCCCCC4)CC3)n2nc1C1CC1. The van der Waals surface area contributed by atoms with Crippen LogP contribution in [0.15, 0.2) is 12.1 Å². The normalized spacial score (nSPS) is 23.7. The van der Waals surface area contributed by atoms with E-state index < -0.39 is 0 Å². The Bertz CT molecular complexity index is 751. The molecule has 2 aromatic heterocycles. The predicted octanol–water partition coefficient (Wildman–Crippen LogP) is 3.06. The third-order valence-electron chi connectivity index (χ3n) is 6.69. The molecule has 4 heterocycles. The van der Waals surface area contributed by atoms with Crippen LogP contribution in [0.4, 0.5) is 0 Å². The lowest BCUT2D eigenvalue weighted by molar-refractivity contribution is 0.172. The van der Waals surface area contributed by atoms with Gasteiger partial charge in [-0.05, 0) is 76.8 Å². The van der Waals surface area contributed by atoms with Gasteiger partial charge in [-0.25, -0.2) is 0 Å². The highest BCUT2D eigenvalue weighted by Gasteiger charge is 2.28. The monoisotopic (exact) mass is 368 g/mol. The summed E-state index contributed by atoms with van der Waals surface area (Å²) >= 11 is 0. The van der Waals surface area contributed by atoms with Crippen molar-refractivity contribution in [3.63, 3.8) is 0 Å². The minimum Gasteiger partial charge on any atom is -0.302 e. The second-order valence-corrected chi connectivity index (χ2v) is 8.73. The summed E-state index contributed by atoms with van der Waals surface area (Å²) < 4.78 is 2.03. The van der Waals surface area contributed by atoms with Gasteiger partial charge < -0.3 is 9.80 Å². The van der Waals surface area contributed by atoms with Crippen molar-refractivity contribution < 1.29 is 0 Å². The number of hydrogen-bond acceptors (Lipinski definition) is 5. The maximum absolute atomic E-state index is 4.87. The first kappa shape index (κ1) is 17.6. The van der Waals surface area contributed by atoms with Gasteiger partial charge in [0, 0.05) is 24.9 Å². The predicted molar refractivity (Wildman–Crippen MR) is 106 cm³/mol. The zero-order valence-electron chi connectivity index (χ0n) is 16.4. The van der Waals surface area contributed by atoms with Crippen LogP contribution in [-0.2, 0) is 0 Å². The second kappa shape index (κ2) is 7.84. The Labute approximate surface area is 161 Å². The van der Waals surface area contributed by atoms with Crippen molar-refractivity contribution in [2.45, 2.75) is 63.2 Å². The molecule has 5 rings (SSSR count). The van der Waals surface area contributed by atoms with Crippen molar-refractivity contribution in [1.29, 1.82) is 0 Å². The Balaban J connectivity index is 1.18. The Morgan fingerprint density at radius 1 is 0.741 bits per heavy atom. The van der Waals surface area contributed by atoms with Gasteiger partial charge >= 0.3 is 0 Å². The van der Waals surface area contributed by atoms with E-state index in [1.54, 1.807) is 0 Å². The van der Waals surface area contributed by atoms with E-state index in [2.05, 4.69) is 32.1 Å². The first-order valence-electron chi connectivity index (χ1n) is 11.0. The van der Waals surface area contributed by atoms with E-state index in [9.17, 15) is 0 Å². The largest absolute Gasteiger partial charge is 0.302 e. The maximum atomic E-state index is 4.87. The standard InChI is InChI=1S/C21H32N6/c1-2-4-12-25(11-3-1)15-16-26-13-9-18(10-14-26)21-23-22-20-8-7-19(17-5-6-17)24-27(20)21/h7-8,17-18H,1-6,9-16H2. The number of rotatable bonds is 5. The van der Waals surface area contributed by atoms with Gasteiger partial charge in [-0.3, -0.25) is 0 Å². The first-order valence-corrected chi connectivity index (χ1v) is 11.0. The zero-order chi connectivity index (χ0) is 18.1. The Hall–Kier alpha value is -1.53. The molecule has 3 aliphatic rings. The molecule has 6 nitrogen and oxygen atoms in total. The summed E-state index contributed by atoms with van der Waals surface area (Å²) in [5.74, 6) is 2.25. The molecule has 0 radical (unpaired) electrons. The molecule has 0 spiro atoms. The summed E-state index contributed by atoms with van der Waals surface area (Å²) in [7, 11) is 0. The van der Waals surface area contributed by atoms with Gasteiger partial charge in [-0.1, -0.05) is 12.8 Å². The molecule has 2 aliphatic heterocycles. The molecular formula is C21H32N6. The molecule has 1 saturated carbocycles. The molecule has 0 unspecified atom stereocenters. The summed E-state index contributed by atoms with van der Waals surface area (Å²) in [5, 5.41) is 13.8. The summed E-state index contributed by atoms with van der Waals surface area (Å²) in [5.41, 5.74) is 2.12. The smallest absolute Gasteiger partial charge is 0.177 e. The molecule has 6 heteroatoms. The lowest BCUT2D eigenvalue weighted by atomic mass is 9.96. The fourth-order valence-electron chi connectivity index (χ4n) is 4.73. The average Bonchev–Trinajstić information content (AvgIpc) is 3.51. The number of likely N-dealkylation sites (tertiary alicyclic amines) is 2. The number of fused-ring (bicyclic) bond motifs is 1. The van der Waals surface area contributed by atoms with Gasteiger partial charge in [0.15, 0.2) is 11.5 Å². The van der Waals surface area contributed by atoms with Crippen LogP contribution in [0, 0.1) is 0 Å². The summed E-state index contributed by atoms with van der Waals surface area (Å²) in [6.45, 7) is 7.42. The maximum Gasteiger partial charge on any atom is 0.177 e. The van der Waals surface area contributed by atoms with E-state index in [1.807, 2.05) is 4.52 Å². The molecule has 27 heavy (non-hydrogen) atoms. The molecule has 146 valence electrons. The van der Waals surface area contributed by atoms with Crippen LogP contribution in [0.25, 0.3) is 5.65 Å². The van der Waals surface area contributed by atoms with Crippen LogP contribution < -0.4 is 0 Å². The Kier molecular flexibility index (Phi) is 5.10. The van der Waals surface area contributed by atoms with Gasteiger partial charge in [0.25, 0.3) is 0 Å². The summed E-state index contributed by atoms with van der Waals surface area (Å²) in [4.78, 5) is 5.32. The van der Waals surface area contributed by atoms with E-state index in [-0.39, 0.29) is 0 Å². The van der Waals surface area contributed by atoms with Crippen LogP contribution in [0.3, 0.4) is 0 Å².